The lowest BCUT2D eigenvalue weighted by atomic mass is 9.95. The Bertz CT molecular complexity index is 381. The minimum absolute atomic E-state index is 0.201. The van der Waals surface area contributed by atoms with Gasteiger partial charge in [0.05, 0.1) is 6.10 Å². The maximum atomic E-state index is 10.1. The quantitative estimate of drug-likeness (QED) is 0.641. The van der Waals surface area contributed by atoms with Crippen LogP contribution in [0.2, 0.25) is 0 Å². The van der Waals surface area contributed by atoms with Crippen LogP contribution in [-0.2, 0) is 19.3 Å². The Morgan fingerprint density at radius 2 is 1.60 bits per heavy atom. The average Bonchev–Trinajstić information content (AvgIpc) is 2.62. The Hall–Kier alpha value is -0.820. The summed E-state index contributed by atoms with van der Waals surface area (Å²) in [6, 6.07) is 4.65. The van der Waals surface area contributed by atoms with Crippen molar-refractivity contribution in [1.82, 2.24) is 0 Å². The van der Waals surface area contributed by atoms with Crippen molar-refractivity contribution >= 4 is 0 Å². The van der Waals surface area contributed by atoms with Crippen LogP contribution in [0.25, 0.3) is 0 Å². The van der Waals surface area contributed by atoms with E-state index >= 15 is 0 Å². The number of fused-ring (bicyclic) bond motifs is 2. The number of rotatable bonds is 0. The molecule has 0 saturated carbocycles. The Balaban J connectivity index is 2.09. The Kier molecular flexibility index (Phi) is 2.28. The van der Waals surface area contributed by atoms with Gasteiger partial charge >= 0.3 is 0 Å². The first kappa shape index (κ1) is 9.41. The molecule has 3 rings (SSSR count). The van der Waals surface area contributed by atoms with Gasteiger partial charge in [0.25, 0.3) is 0 Å². The highest BCUT2D eigenvalue weighted by Gasteiger charge is 2.20. The highest BCUT2D eigenvalue weighted by Crippen LogP contribution is 2.33. The second-order valence-corrected chi connectivity index (χ2v) is 4.93. The van der Waals surface area contributed by atoms with E-state index in [-0.39, 0.29) is 6.10 Å². The molecular formula is C14H18O. The lowest BCUT2D eigenvalue weighted by Gasteiger charge is -2.13. The van der Waals surface area contributed by atoms with Crippen LogP contribution in [0.3, 0.4) is 0 Å². The zero-order valence-corrected chi connectivity index (χ0v) is 9.13. The molecule has 0 heterocycles. The highest BCUT2D eigenvalue weighted by molar-refractivity contribution is 5.42. The summed E-state index contributed by atoms with van der Waals surface area (Å²) in [6.07, 6.45) is 8.09. The van der Waals surface area contributed by atoms with Gasteiger partial charge in [-0.2, -0.15) is 0 Å². The molecule has 0 saturated heterocycles. The first-order valence-corrected chi connectivity index (χ1v) is 6.17. The third kappa shape index (κ3) is 1.59. The molecule has 2 aliphatic carbocycles. The molecule has 1 heteroatoms. The van der Waals surface area contributed by atoms with E-state index in [0.29, 0.717) is 0 Å². The van der Waals surface area contributed by atoms with Crippen molar-refractivity contribution < 1.29 is 5.11 Å². The SMILES string of the molecule is O[C@H]1CCCCc2cc3c(cc21)CCC3. The fourth-order valence-electron chi connectivity index (χ4n) is 3.03. The molecule has 15 heavy (non-hydrogen) atoms. The third-order valence-electron chi connectivity index (χ3n) is 3.89. The third-order valence-corrected chi connectivity index (χ3v) is 3.89. The molecule has 0 aromatic heterocycles. The van der Waals surface area contributed by atoms with Crippen molar-refractivity contribution in [3.05, 3.63) is 34.4 Å². The summed E-state index contributed by atoms with van der Waals surface area (Å²) in [6.45, 7) is 0. The highest BCUT2D eigenvalue weighted by atomic mass is 16.3. The van der Waals surface area contributed by atoms with Crippen molar-refractivity contribution in [3.8, 4) is 0 Å². The van der Waals surface area contributed by atoms with Gasteiger partial charge in [-0.25, -0.2) is 0 Å². The van der Waals surface area contributed by atoms with Gasteiger partial charge < -0.3 is 5.11 Å². The number of aliphatic hydroxyl groups is 1. The maximum Gasteiger partial charge on any atom is 0.0792 e. The summed E-state index contributed by atoms with van der Waals surface area (Å²) >= 11 is 0. The molecule has 1 aromatic carbocycles. The molecule has 0 spiro atoms. The number of benzene rings is 1. The summed E-state index contributed by atoms with van der Waals surface area (Å²) in [5, 5.41) is 10.1. The molecule has 1 aromatic rings. The molecule has 1 atom stereocenters. The zero-order valence-electron chi connectivity index (χ0n) is 9.13. The smallest absolute Gasteiger partial charge is 0.0792 e. The standard InChI is InChI=1S/C14H18O/c15-14-7-2-1-4-12-8-10-5-3-6-11(10)9-13(12)14/h8-9,14-15H,1-7H2/t14-/m0/s1. The van der Waals surface area contributed by atoms with E-state index in [1.165, 1.54) is 55.2 Å². The Morgan fingerprint density at radius 3 is 2.47 bits per heavy atom. The number of hydrogen-bond acceptors (Lipinski definition) is 1. The van der Waals surface area contributed by atoms with Crippen molar-refractivity contribution in [2.24, 2.45) is 0 Å². The van der Waals surface area contributed by atoms with E-state index in [1.807, 2.05) is 0 Å². The number of hydrogen-bond donors (Lipinski definition) is 1. The van der Waals surface area contributed by atoms with Crippen LogP contribution in [-0.4, -0.2) is 5.11 Å². The van der Waals surface area contributed by atoms with Crippen LogP contribution in [0.1, 0.15) is 54.0 Å². The van der Waals surface area contributed by atoms with Gasteiger partial charge in [0.2, 0.25) is 0 Å². The molecule has 0 radical (unpaired) electrons. The molecule has 0 unspecified atom stereocenters. The van der Waals surface area contributed by atoms with Gasteiger partial charge in [-0.05, 0) is 60.8 Å². The lowest BCUT2D eigenvalue weighted by molar-refractivity contribution is 0.166. The molecule has 1 nitrogen and oxygen atoms in total. The molecule has 2 aliphatic rings. The van der Waals surface area contributed by atoms with Crippen LogP contribution >= 0.6 is 0 Å². The van der Waals surface area contributed by atoms with Gasteiger partial charge in [-0.3, -0.25) is 0 Å². The van der Waals surface area contributed by atoms with Crippen LogP contribution in [0.5, 0.6) is 0 Å². The second kappa shape index (κ2) is 3.64. The van der Waals surface area contributed by atoms with E-state index in [2.05, 4.69) is 12.1 Å². The monoisotopic (exact) mass is 202 g/mol. The molecule has 0 amide bonds. The molecular weight excluding hydrogens is 184 g/mol. The predicted octanol–water partition coefficient (Wildman–Crippen LogP) is 2.94. The minimum atomic E-state index is -0.201. The molecule has 0 bridgehead atoms. The van der Waals surface area contributed by atoms with E-state index in [4.69, 9.17) is 0 Å². The summed E-state index contributed by atoms with van der Waals surface area (Å²) < 4.78 is 0. The van der Waals surface area contributed by atoms with Gasteiger partial charge in [0.15, 0.2) is 0 Å². The normalized spacial score (nSPS) is 24.5. The summed E-state index contributed by atoms with van der Waals surface area (Å²) in [5.74, 6) is 0. The summed E-state index contributed by atoms with van der Waals surface area (Å²) in [7, 11) is 0. The fraction of sp³-hybridized carbons (Fsp3) is 0.571. The van der Waals surface area contributed by atoms with Crippen LogP contribution in [0.4, 0.5) is 0 Å². The van der Waals surface area contributed by atoms with Crippen molar-refractivity contribution in [1.29, 1.82) is 0 Å². The van der Waals surface area contributed by atoms with Crippen LogP contribution in [0, 0.1) is 0 Å². The minimum Gasteiger partial charge on any atom is -0.388 e. The van der Waals surface area contributed by atoms with Crippen molar-refractivity contribution in [2.75, 3.05) is 0 Å². The van der Waals surface area contributed by atoms with Gasteiger partial charge in [-0.1, -0.05) is 18.6 Å². The van der Waals surface area contributed by atoms with Crippen molar-refractivity contribution in [2.45, 2.75) is 51.0 Å². The van der Waals surface area contributed by atoms with Crippen LogP contribution in [0.15, 0.2) is 12.1 Å². The first-order valence-electron chi connectivity index (χ1n) is 6.17. The fourth-order valence-corrected chi connectivity index (χ4v) is 3.03. The predicted molar refractivity (Wildman–Crippen MR) is 61.0 cm³/mol. The van der Waals surface area contributed by atoms with E-state index in [0.717, 1.165) is 6.42 Å². The molecule has 0 fully saturated rings. The van der Waals surface area contributed by atoms with Crippen LogP contribution < -0.4 is 0 Å². The van der Waals surface area contributed by atoms with Gasteiger partial charge in [-0.15, -0.1) is 0 Å². The average molecular weight is 202 g/mol. The Morgan fingerprint density at radius 1 is 0.867 bits per heavy atom. The first-order chi connectivity index (χ1) is 7.34. The molecule has 0 aliphatic heterocycles. The van der Waals surface area contributed by atoms with E-state index in [1.54, 1.807) is 5.56 Å². The summed E-state index contributed by atoms with van der Waals surface area (Å²) in [4.78, 5) is 0. The maximum absolute atomic E-state index is 10.1. The molecule has 1 N–H and O–H groups in total. The van der Waals surface area contributed by atoms with Gasteiger partial charge in [0, 0.05) is 0 Å². The number of aliphatic hydroxyl groups excluding tert-OH is 1. The van der Waals surface area contributed by atoms with E-state index in [9.17, 15) is 5.11 Å². The second-order valence-electron chi connectivity index (χ2n) is 4.93. The van der Waals surface area contributed by atoms with Crippen molar-refractivity contribution in [3.63, 3.8) is 0 Å². The number of aryl methyl sites for hydroxylation is 3. The molecule has 80 valence electrons. The topological polar surface area (TPSA) is 20.2 Å². The largest absolute Gasteiger partial charge is 0.388 e. The zero-order chi connectivity index (χ0) is 10.3. The summed E-state index contributed by atoms with van der Waals surface area (Å²) in [5.41, 5.74) is 5.69. The Labute approximate surface area is 91.1 Å². The van der Waals surface area contributed by atoms with E-state index < -0.39 is 0 Å². The van der Waals surface area contributed by atoms with Gasteiger partial charge in [0.1, 0.15) is 0 Å². The lowest BCUT2D eigenvalue weighted by Crippen LogP contribution is -2.00.